The molecule has 0 aliphatic heterocycles. The average molecular weight is 242 g/mol. The Kier molecular flexibility index (Phi) is 3.57. The van der Waals surface area contributed by atoms with E-state index in [2.05, 4.69) is 11.9 Å². The summed E-state index contributed by atoms with van der Waals surface area (Å²) in [6.07, 6.45) is 3.26. The van der Waals surface area contributed by atoms with Gasteiger partial charge < -0.3 is 9.88 Å². The van der Waals surface area contributed by atoms with Crippen LogP contribution in [0.1, 0.15) is 0 Å². The van der Waals surface area contributed by atoms with Crippen LogP contribution in [-0.4, -0.2) is 17.0 Å². The molecule has 0 bridgehead atoms. The van der Waals surface area contributed by atoms with Crippen molar-refractivity contribution in [2.45, 2.75) is 6.54 Å². The SMILES string of the molecule is C=CCNC(=O)Cn1ccc(=O)c2ccccc21. The summed E-state index contributed by atoms with van der Waals surface area (Å²) in [6, 6.07) is 8.72. The Morgan fingerprint density at radius 3 is 2.89 bits per heavy atom. The third kappa shape index (κ3) is 2.48. The average Bonchev–Trinajstić information content (AvgIpc) is 2.40. The third-order valence-electron chi connectivity index (χ3n) is 2.64. The predicted molar refractivity (Wildman–Crippen MR) is 71.4 cm³/mol. The van der Waals surface area contributed by atoms with Crippen LogP contribution in [0.5, 0.6) is 0 Å². The number of nitrogens with zero attached hydrogens (tertiary/aromatic N) is 1. The molecule has 0 saturated heterocycles. The number of amides is 1. The van der Waals surface area contributed by atoms with Gasteiger partial charge in [-0.2, -0.15) is 0 Å². The molecule has 1 aromatic carbocycles. The van der Waals surface area contributed by atoms with Gasteiger partial charge in [0.15, 0.2) is 5.43 Å². The fourth-order valence-electron chi connectivity index (χ4n) is 1.79. The van der Waals surface area contributed by atoms with Crippen LogP contribution < -0.4 is 10.7 Å². The molecule has 0 atom stereocenters. The maximum absolute atomic E-state index is 11.7. The summed E-state index contributed by atoms with van der Waals surface area (Å²) in [6.45, 7) is 4.17. The van der Waals surface area contributed by atoms with Gasteiger partial charge in [-0.3, -0.25) is 9.59 Å². The highest BCUT2D eigenvalue weighted by Crippen LogP contribution is 2.08. The number of hydrogen-bond donors (Lipinski definition) is 1. The topological polar surface area (TPSA) is 51.1 Å². The molecule has 1 heterocycles. The summed E-state index contributed by atoms with van der Waals surface area (Å²) in [7, 11) is 0. The lowest BCUT2D eigenvalue weighted by molar-refractivity contribution is -0.121. The van der Waals surface area contributed by atoms with Gasteiger partial charge in [-0.15, -0.1) is 6.58 Å². The monoisotopic (exact) mass is 242 g/mol. The standard InChI is InChI=1S/C14H14N2O2/c1-2-8-15-14(18)10-16-9-7-13(17)11-5-3-4-6-12(11)16/h2-7,9H,1,8,10H2,(H,15,18). The number of carbonyl (C=O) groups excluding carboxylic acids is 1. The highest BCUT2D eigenvalue weighted by molar-refractivity contribution is 5.82. The van der Waals surface area contributed by atoms with E-state index in [0.29, 0.717) is 11.9 Å². The minimum Gasteiger partial charge on any atom is -0.351 e. The fourth-order valence-corrected chi connectivity index (χ4v) is 1.79. The van der Waals surface area contributed by atoms with Crippen LogP contribution in [0.3, 0.4) is 0 Å². The van der Waals surface area contributed by atoms with Crippen LogP contribution in [0.4, 0.5) is 0 Å². The van der Waals surface area contributed by atoms with E-state index >= 15 is 0 Å². The van der Waals surface area contributed by atoms with Crippen LogP contribution >= 0.6 is 0 Å². The molecule has 1 N–H and O–H groups in total. The Morgan fingerprint density at radius 2 is 2.11 bits per heavy atom. The van der Waals surface area contributed by atoms with Gasteiger partial charge in [-0.25, -0.2) is 0 Å². The summed E-state index contributed by atoms with van der Waals surface area (Å²) >= 11 is 0. The van der Waals surface area contributed by atoms with Crippen molar-refractivity contribution in [2.24, 2.45) is 0 Å². The number of fused-ring (bicyclic) bond motifs is 1. The molecule has 92 valence electrons. The van der Waals surface area contributed by atoms with Gasteiger partial charge >= 0.3 is 0 Å². The molecule has 18 heavy (non-hydrogen) atoms. The molecule has 0 aliphatic rings. The summed E-state index contributed by atoms with van der Waals surface area (Å²) in [5.41, 5.74) is 0.729. The van der Waals surface area contributed by atoms with Crippen molar-refractivity contribution in [3.05, 3.63) is 59.4 Å². The lowest BCUT2D eigenvalue weighted by Gasteiger charge is -2.10. The fraction of sp³-hybridized carbons (Fsp3) is 0.143. The number of benzene rings is 1. The van der Waals surface area contributed by atoms with E-state index in [1.54, 1.807) is 22.9 Å². The Balaban J connectivity index is 2.34. The summed E-state index contributed by atoms with van der Waals surface area (Å²) in [4.78, 5) is 23.3. The summed E-state index contributed by atoms with van der Waals surface area (Å²) < 4.78 is 1.76. The number of aromatic nitrogens is 1. The molecule has 0 fully saturated rings. The van der Waals surface area contributed by atoms with Crippen LogP contribution in [-0.2, 0) is 11.3 Å². The maximum atomic E-state index is 11.7. The Labute approximate surface area is 105 Å². The number of rotatable bonds is 4. The van der Waals surface area contributed by atoms with Crippen molar-refractivity contribution >= 4 is 16.8 Å². The van der Waals surface area contributed by atoms with Crippen LogP contribution in [0.25, 0.3) is 10.9 Å². The first-order chi connectivity index (χ1) is 8.72. The van der Waals surface area contributed by atoms with E-state index in [0.717, 1.165) is 5.52 Å². The zero-order chi connectivity index (χ0) is 13.0. The smallest absolute Gasteiger partial charge is 0.240 e. The highest BCUT2D eigenvalue weighted by Gasteiger charge is 2.05. The second kappa shape index (κ2) is 5.31. The number of para-hydroxylation sites is 1. The van der Waals surface area contributed by atoms with E-state index < -0.39 is 0 Å². The van der Waals surface area contributed by atoms with Crippen LogP contribution in [0.2, 0.25) is 0 Å². The number of hydrogen-bond acceptors (Lipinski definition) is 2. The molecule has 4 heteroatoms. The van der Waals surface area contributed by atoms with Crippen molar-refractivity contribution in [3.8, 4) is 0 Å². The lowest BCUT2D eigenvalue weighted by Crippen LogP contribution is -2.28. The molecule has 0 saturated carbocycles. The largest absolute Gasteiger partial charge is 0.351 e. The van der Waals surface area contributed by atoms with Gasteiger partial charge in [-0.05, 0) is 12.1 Å². The van der Waals surface area contributed by atoms with Gasteiger partial charge in [0.25, 0.3) is 0 Å². The molecule has 0 radical (unpaired) electrons. The first-order valence-corrected chi connectivity index (χ1v) is 5.68. The Bertz CT molecular complexity index is 644. The van der Waals surface area contributed by atoms with Crippen molar-refractivity contribution in [1.82, 2.24) is 9.88 Å². The van der Waals surface area contributed by atoms with Crippen LogP contribution in [0, 0.1) is 0 Å². The number of pyridine rings is 1. The van der Waals surface area contributed by atoms with Crippen molar-refractivity contribution in [3.63, 3.8) is 0 Å². The Hall–Kier alpha value is -2.36. The van der Waals surface area contributed by atoms with Crippen molar-refractivity contribution in [2.75, 3.05) is 6.54 Å². The molecule has 0 aliphatic carbocycles. The first kappa shape index (κ1) is 12.1. The zero-order valence-corrected chi connectivity index (χ0v) is 9.93. The van der Waals surface area contributed by atoms with Gasteiger partial charge in [0.05, 0.1) is 5.52 Å². The lowest BCUT2D eigenvalue weighted by atomic mass is 10.2. The molecule has 0 unspecified atom stereocenters. The second-order valence-corrected chi connectivity index (χ2v) is 3.92. The molecule has 2 aromatic rings. The van der Waals surface area contributed by atoms with Gasteiger partial charge in [0, 0.05) is 24.2 Å². The van der Waals surface area contributed by atoms with E-state index in [1.165, 1.54) is 6.07 Å². The highest BCUT2D eigenvalue weighted by atomic mass is 16.2. The molecular formula is C14H14N2O2. The minimum absolute atomic E-state index is 0.0339. The van der Waals surface area contributed by atoms with Gasteiger partial charge in [0.2, 0.25) is 5.91 Å². The molecule has 0 spiro atoms. The molecule has 1 aromatic heterocycles. The van der Waals surface area contributed by atoms with E-state index in [4.69, 9.17) is 0 Å². The molecule has 1 amide bonds. The molecule has 4 nitrogen and oxygen atoms in total. The normalized spacial score (nSPS) is 10.2. The predicted octanol–water partition coefficient (Wildman–Crippen LogP) is 1.30. The van der Waals surface area contributed by atoms with Gasteiger partial charge in [0.1, 0.15) is 6.54 Å². The molecular weight excluding hydrogens is 228 g/mol. The summed E-state index contributed by atoms with van der Waals surface area (Å²) in [5, 5.41) is 3.33. The van der Waals surface area contributed by atoms with E-state index in [-0.39, 0.29) is 17.9 Å². The quantitative estimate of drug-likeness (QED) is 0.822. The molecule has 2 rings (SSSR count). The third-order valence-corrected chi connectivity index (χ3v) is 2.64. The van der Waals surface area contributed by atoms with E-state index in [9.17, 15) is 9.59 Å². The Morgan fingerprint density at radius 1 is 1.33 bits per heavy atom. The summed E-state index contributed by atoms with van der Waals surface area (Å²) in [5.74, 6) is -0.108. The van der Waals surface area contributed by atoms with Crippen molar-refractivity contribution < 1.29 is 4.79 Å². The zero-order valence-electron chi connectivity index (χ0n) is 9.93. The minimum atomic E-state index is -0.108. The van der Waals surface area contributed by atoms with E-state index in [1.807, 2.05) is 18.2 Å². The number of carbonyl (C=O) groups is 1. The second-order valence-electron chi connectivity index (χ2n) is 3.92. The van der Waals surface area contributed by atoms with Gasteiger partial charge in [-0.1, -0.05) is 18.2 Å². The maximum Gasteiger partial charge on any atom is 0.240 e. The number of nitrogens with one attached hydrogen (secondary N) is 1. The van der Waals surface area contributed by atoms with Crippen LogP contribution in [0.15, 0.2) is 54.0 Å². The first-order valence-electron chi connectivity index (χ1n) is 5.68. The van der Waals surface area contributed by atoms with Crippen molar-refractivity contribution in [1.29, 1.82) is 0 Å².